The molecule has 0 bridgehead atoms. The third kappa shape index (κ3) is 6.76. The molecule has 0 spiro atoms. The second kappa shape index (κ2) is 10.7. The lowest BCUT2D eigenvalue weighted by Crippen LogP contribution is -2.44. The number of rotatable bonds is 9. The molecule has 6 nitrogen and oxygen atoms in total. The molecule has 1 fully saturated rings. The van der Waals surface area contributed by atoms with Gasteiger partial charge in [-0.25, -0.2) is 0 Å². The van der Waals surface area contributed by atoms with Crippen LogP contribution < -0.4 is 15.4 Å². The van der Waals surface area contributed by atoms with E-state index in [2.05, 4.69) is 29.1 Å². The van der Waals surface area contributed by atoms with Crippen molar-refractivity contribution < 1.29 is 14.2 Å². The van der Waals surface area contributed by atoms with Gasteiger partial charge in [0.15, 0.2) is 5.96 Å². The van der Waals surface area contributed by atoms with Crippen LogP contribution in [-0.4, -0.2) is 51.6 Å². The van der Waals surface area contributed by atoms with Crippen molar-refractivity contribution in [3.63, 3.8) is 0 Å². The van der Waals surface area contributed by atoms with Crippen LogP contribution in [0.1, 0.15) is 18.9 Å². The molecule has 1 aromatic rings. The molecule has 1 saturated heterocycles. The van der Waals surface area contributed by atoms with Crippen molar-refractivity contribution in [1.82, 2.24) is 10.6 Å². The van der Waals surface area contributed by atoms with E-state index in [4.69, 9.17) is 14.2 Å². The zero-order valence-corrected chi connectivity index (χ0v) is 15.2. The van der Waals surface area contributed by atoms with E-state index < -0.39 is 0 Å². The minimum atomic E-state index is 0.152. The number of hydrogen-bond donors (Lipinski definition) is 2. The van der Waals surface area contributed by atoms with Gasteiger partial charge in [0.2, 0.25) is 0 Å². The van der Waals surface area contributed by atoms with E-state index in [0.717, 1.165) is 30.3 Å². The molecule has 2 rings (SSSR count). The highest BCUT2D eigenvalue weighted by Gasteiger charge is 2.17. The standard InChI is InChI=1S/C19H29N3O3/c1-4-10-24-18-8-6-5-7-16(18)12-21-19(20-3)22-15(2)13-25-17-9-11-23-14-17/h4-8,15,17H,1,9-14H2,2-3H3,(H2,20,21,22). The molecular weight excluding hydrogens is 318 g/mol. The Bertz CT molecular complexity index is 557. The molecule has 0 saturated carbocycles. The van der Waals surface area contributed by atoms with Crippen molar-refractivity contribution in [1.29, 1.82) is 0 Å². The number of guanidine groups is 1. The van der Waals surface area contributed by atoms with Gasteiger partial charge < -0.3 is 24.8 Å². The molecule has 2 N–H and O–H groups in total. The first-order valence-electron chi connectivity index (χ1n) is 8.71. The first kappa shape index (κ1) is 19.3. The quantitative estimate of drug-likeness (QED) is 0.407. The Kier molecular flexibility index (Phi) is 8.28. The molecule has 1 heterocycles. The van der Waals surface area contributed by atoms with E-state index in [9.17, 15) is 0 Å². The normalized spacial score (nSPS) is 18.6. The van der Waals surface area contributed by atoms with Gasteiger partial charge in [-0.05, 0) is 19.4 Å². The molecule has 6 heteroatoms. The highest BCUT2D eigenvalue weighted by Crippen LogP contribution is 2.17. The number of nitrogens with zero attached hydrogens (tertiary/aromatic N) is 1. The number of hydrogen-bond acceptors (Lipinski definition) is 4. The minimum Gasteiger partial charge on any atom is -0.489 e. The number of aliphatic imine (C=N–C) groups is 1. The van der Waals surface area contributed by atoms with Gasteiger partial charge in [0.25, 0.3) is 0 Å². The van der Waals surface area contributed by atoms with E-state index in [1.807, 2.05) is 24.3 Å². The third-order valence-electron chi connectivity index (χ3n) is 3.85. The van der Waals surface area contributed by atoms with Gasteiger partial charge in [0, 0.05) is 31.8 Å². The Hall–Kier alpha value is -2.05. The Morgan fingerprint density at radius 2 is 2.32 bits per heavy atom. The number of benzene rings is 1. The minimum absolute atomic E-state index is 0.152. The van der Waals surface area contributed by atoms with Crippen molar-refractivity contribution in [2.24, 2.45) is 4.99 Å². The zero-order chi connectivity index (χ0) is 17.9. The lowest BCUT2D eigenvalue weighted by Gasteiger charge is -2.20. The average Bonchev–Trinajstić information content (AvgIpc) is 3.16. The topological polar surface area (TPSA) is 64.1 Å². The van der Waals surface area contributed by atoms with Crippen LogP contribution in [-0.2, 0) is 16.0 Å². The predicted octanol–water partition coefficient (Wildman–Crippen LogP) is 2.11. The lowest BCUT2D eigenvalue weighted by molar-refractivity contribution is 0.0347. The van der Waals surface area contributed by atoms with Crippen LogP contribution in [0, 0.1) is 0 Å². The third-order valence-corrected chi connectivity index (χ3v) is 3.85. The van der Waals surface area contributed by atoms with Gasteiger partial charge in [-0.15, -0.1) is 0 Å². The fraction of sp³-hybridized carbons (Fsp3) is 0.526. The van der Waals surface area contributed by atoms with E-state index in [0.29, 0.717) is 26.4 Å². The second-order valence-corrected chi connectivity index (χ2v) is 6.00. The summed E-state index contributed by atoms with van der Waals surface area (Å²) >= 11 is 0. The fourth-order valence-corrected chi connectivity index (χ4v) is 2.51. The summed E-state index contributed by atoms with van der Waals surface area (Å²) in [6, 6.07) is 8.09. The van der Waals surface area contributed by atoms with Gasteiger partial charge in [-0.1, -0.05) is 30.9 Å². The van der Waals surface area contributed by atoms with Crippen molar-refractivity contribution in [3.8, 4) is 5.75 Å². The largest absolute Gasteiger partial charge is 0.489 e. The predicted molar refractivity (Wildman–Crippen MR) is 100 cm³/mol. The van der Waals surface area contributed by atoms with Crippen LogP contribution >= 0.6 is 0 Å². The Labute approximate surface area is 150 Å². The van der Waals surface area contributed by atoms with Crippen LogP contribution in [0.5, 0.6) is 5.75 Å². The number of para-hydroxylation sites is 1. The van der Waals surface area contributed by atoms with Crippen molar-refractivity contribution >= 4 is 5.96 Å². The first-order chi connectivity index (χ1) is 12.2. The lowest BCUT2D eigenvalue weighted by atomic mass is 10.2. The smallest absolute Gasteiger partial charge is 0.191 e. The first-order valence-corrected chi connectivity index (χ1v) is 8.71. The highest BCUT2D eigenvalue weighted by atomic mass is 16.5. The SMILES string of the molecule is C=CCOc1ccccc1CNC(=NC)NC(C)COC1CCOC1. The summed E-state index contributed by atoms with van der Waals surface area (Å²) in [6.07, 6.45) is 2.93. The highest BCUT2D eigenvalue weighted by molar-refractivity contribution is 5.80. The molecule has 2 unspecified atom stereocenters. The van der Waals surface area contributed by atoms with Crippen molar-refractivity contribution in [2.45, 2.75) is 32.0 Å². The summed E-state index contributed by atoms with van der Waals surface area (Å²) in [6.45, 7) is 8.98. The number of ether oxygens (including phenoxy) is 3. The maximum absolute atomic E-state index is 5.84. The summed E-state index contributed by atoms with van der Waals surface area (Å²) < 4.78 is 16.8. The fourth-order valence-electron chi connectivity index (χ4n) is 2.51. The Morgan fingerprint density at radius 1 is 1.48 bits per heavy atom. The van der Waals surface area contributed by atoms with Crippen LogP contribution in [0.2, 0.25) is 0 Å². The molecule has 2 atom stereocenters. The van der Waals surface area contributed by atoms with E-state index >= 15 is 0 Å². The van der Waals surface area contributed by atoms with Crippen molar-refractivity contribution in [3.05, 3.63) is 42.5 Å². The van der Waals surface area contributed by atoms with Gasteiger partial charge in [0.05, 0.1) is 19.3 Å². The molecule has 0 aliphatic carbocycles. The molecular formula is C19H29N3O3. The van der Waals surface area contributed by atoms with Gasteiger partial charge in [-0.3, -0.25) is 4.99 Å². The molecule has 0 amide bonds. The molecule has 0 radical (unpaired) electrons. The zero-order valence-electron chi connectivity index (χ0n) is 15.2. The summed E-state index contributed by atoms with van der Waals surface area (Å²) in [5, 5.41) is 6.65. The maximum Gasteiger partial charge on any atom is 0.191 e. The van der Waals surface area contributed by atoms with E-state index in [1.54, 1.807) is 13.1 Å². The number of nitrogens with one attached hydrogen (secondary N) is 2. The summed E-state index contributed by atoms with van der Waals surface area (Å²) in [5.41, 5.74) is 1.07. The maximum atomic E-state index is 5.84. The van der Waals surface area contributed by atoms with Gasteiger partial charge >= 0.3 is 0 Å². The Balaban J connectivity index is 1.78. The molecule has 1 aromatic carbocycles. The van der Waals surface area contributed by atoms with Crippen LogP contribution in [0.25, 0.3) is 0 Å². The Morgan fingerprint density at radius 3 is 3.04 bits per heavy atom. The van der Waals surface area contributed by atoms with E-state index in [-0.39, 0.29) is 12.1 Å². The van der Waals surface area contributed by atoms with Gasteiger partial charge in [0.1, 0.15) is 12.4 Å². The monoisotopic (exact) mass is 347 g/mol. The van der Waals surface area contributed by atoms with Crippen molar-refractivity contribution in [2.75, 3.05) is 33.5 Å². The molecule has 0 aromatic heterocycles. The average molecular weight is 347 g/mol. The molecule has 138 valence electrons. The van der Waals surface area contributed by atoms with Crippen LogP contribution in [0.4, 0.5) is 0 Å². The summed E-state index contributed by atoms with van der Waals surface area (Å²) in [5.74, 6) is 1.58. The van der Waals surface area contributed by atoms with Crippen LogP contribution in [0.3, 0.4) is 0 Å². The van der Waals surface area contributed by atoms with Gasteiger partial charge in [-0.2, -0.15) is 0 Å². The summed E-state index contributed by atoms with van der Waals surface area (Å²) in [7, 11) is 1.76. The van der Waals surface area contributed by atoms with E-state index in [1.165, 1.54) is 0 Å². The molecule has 25 heavy (non-hydrogen) atoms. The second-order valence-electron chi connectivity index (χ2n) is 6.00. The van der Waals surface area contributed by atoms with Crippen LogP contribution in [0.15, 0.2) is 41.9 Å². The molecule has 1 aliphatic heterocycles. The molecule has 1 aliphatic rings. The summed E-state index contributed by atoms with van der Waals surface area (Å²) in [4.78, 5) is 4.27.